The summed E-state index contributed by atoms with van der Waals surface area (Å²) in [5, 5.41) is 0. The van der Waals surface area contributed by atoms with E-state index in [2.05, 4.69) is 6.58 Å². The molecule has 2 heteroatoms. The second-order valence-electron chi connectivity index (χ2n) is 1.21. The Morgan fingerprint density at radius 3 is 1.80 bits per heavy atom. The molecule has 0 aromatic heterocycles. The molecule has 0 aliphatic heterocycles. The molecule has 0 fully saturated rings. The molecule has 0 saturated carbocycles. The van der Waals surface area contributed by atoms with Gasteiger partial charge >= 0.3 is 0 Å². The topological polar surface area (TPSA) is 0 Å². The van der Waals surface area contributed by atoms with Crippen LogP contribution < -0.4 is 0 Å². The summed E-state index contributed by atoms with van der Waals surface area (Å²) in [7, 11) is 1.97. The van der Waals surface area contributed by atoms with Gasteiger partial charge in [0.1, 0.15) is 7.85 Å². The summed E-state index contributed by atoms with van der Waals surface area (Å²) in [6.07, 6.45) is 0. The molecule has 0 unspecified atom stereocenters. The molecule has 0 saturated heterocycles. The van der Waals surface area contributed by atoms with Crippen molar-refractivity contribution in [3.63, 3.8) is 0 Å². The van der Waals surface area contributed by atoms with Crippen molar-refractivity contribution in [1.82, 2.24) is 0 Å². The Kier molecular flexibility index (Phi) is 6.60. The molecule has 0 amide bonds. The van der Waals surface area contributed by atoms with Gasteiger partial charge in [0.25, 0.3) is 0 Å². The van der Waals surface area contributed by atoms with Crippen LogP contribution >= 0.6 is 0 Å². The summed E-state index contributed by atoms with van der Waals surface area (Å²) in [6, 6.07) is 0. The molecule has 0 aromatic rings. The summed E-state index contributed by atoms with van der Waals surface area (Å²) in [4.78, 5) is 0. The fourth-order valence-corrected chi connectivity index (χ4v) is 0. The molecule has 0 aliphatic rings. The lowest BCUT2D eigenvalue weighted by Crippen LogP contribution is -1.56. The van der Waals surface area contributed by atoms with Gasteiger partial charge in [-0.05, 0) is 0 Å². The Hall–Kier alpha value is -0.265. The molecular formula is C3H8BF. The standard InChI is InChI=1S/C3H7B.FH/c1-3(2)4;/h1,4H2,2H3;1H. The summed E-state index contributed by atoms with van der Waals surface area (Å²) < 4.78 is 0. The number of allylic oxidation sites excluding steroid dienone is 1. The molecular weight excluding hydrogens is 65.8 g/mol. The molecule has 0 radical (unpaired) electrons. The van der Waals surface area contributed by atoms with Gasteiger partial charge in [0.05, 0.1) is 0 Å². The molecule has 0 bridgehead atoms. The first-order valence-corrected chi connectivity index (χ1v) is 1.35. The van der Waals surface area contributed by atoms with Gasteiger partial charge in [-0.25, -0.2) is 0 Å². The molecule has 0 spiro atoms. The summed E-state index contributed by atoms with van der Waals surface area (Å²) >= 11 is 0. The molecule has 5 heavy (non-hydrogen) atoms. The highest BCUT2D eigenvalue weighted by molar-refractivity contribution is 6.20. The third-order valence-corrected chi connectivity index (χ3v) is 0. The van der Waals surface area contributed by atoms with Crippen molar-refractivity contribution in [2.45, 2.75) is 6.92 Å². The Labute approximate surface area is 32.7 Å². The van der Waals surface area contributed by atoms with Crippen molar-refractivity contribution in [3.8, 4) is 0 Å². The molecule has 0 aromatic carbocycles. The Morgan fingerprint density at radius 1 is 1.80 bits per heavy atom. The van der Waals surface area contributed by atoms with Crippen LogP contribution in [0.2, 0.25) is 0 Å². The van der Waals surface area contributed by atoms with Gasteiger partial charge in [0.15, 0.2) is 0 Å². The second kappa shape index (κ2) is 3.73. The van der Waals surface area contributed by atoms with Crippen molar-refractivity contribution in [2.24, 2.45) is 0 Å². The van der Waals surface area contributed by atoms with Crippen molar-refractivity contribution in [3.05, 3.63) is 12.1 Å². The Morgan fingerprint density at radius 2 is 1.80 bits per heavy atom. The number of rotatable bonds is 0. The minimum Gasteiger partial charge on any atom is -0.269 e. The number of hydrogen-bond acceptors (Lipinski definition) is 0. The maximum absolute atomic E-state index is 3.56. The first-order chi connectivity index (χ1) is 1.73. The first kappa shape index (κ1) is 8.83. The van der Waals surface area contributed by atoms with E-state index < -0.39 is 0 Å². The molecule has 0 nitrogen and oxygen atoms in total. The Balaban J connectivity index is 0. The molecule has 0 rings (SSSR count). The fraction of sp³-hybridized carbons (Fsp3) is 0.333. The maximum Gasteiger partial charge on any atom is 0.132 e. The molecule has 0 N–H and O–H groups in total. The lowest BCUT2D eigenvalue weighted by atomic mass is 10.0. The lowest BCUT2D eigenvalue weighted by molar-refractivity contribution is 1.11. The van der Waals surface area contributed by atoms with Crippen LogP contribution in [0, 0.1) is 0 Å². The van der Waals surface area contributed by atoms with Gasteiger partial charge in [0, 0.05) is 0 Å². The van der Waals surface area contributed by atoms with Gasteiger partial charge < -0.3 is 0 Å². The van der Waals surface area contributed by atoms with E-state index in [1.54, 1.807) is 0 Å². The van der Waals surface area contributed by atoms with Crippen LogP contribution in [-0.4, -0.2) is 7.85 Å². The largest absolute Gasteiger partial charge is 0.269 e. The smallest absolute Gasteiger partial charge is 0.132 e. The fourth-order valence-electron chi connectivity index (χ4n) is 0. The normalized spacial score (nSPS) is 5.00. The van der Waals surface area contributed by atoms with E-state index in [0.29, 0.717) is 0 Å². The predicted molar refractivity (Wildman–Crippen MR) is 25.9 cm³/mol. The second-order valence-corrected chi connectivity index (χ2v) is 1.21. The minimum absolute atomic E-state index is 0. The highest BCUT2D eigenvalue weighted by atomic mass is 19.0. The van der Waals surface area contributed by atoms with Crippen LogP contribution in [0.4, 0.5) is 4.70 Å². The van der Waals surface area contributed by atoms with Crippen molar-refractivity contribution in [2.75, 3.05) is 0 Å². The SMILES string of the molecule is BC(=C)C.F. The van der Waals surface area contributed by atoms with Crippen LogP contribution in [0.3, 0.4) is 0 Å². The number of halogens is 1. The van der Waals surface area contributed by atoms with Gasteiger partial charge in [0.2, 0.25) is 0 Å². The number of hydrogen-bond donors (Lipinski definition) is 0. The molecule has 0 aliphatic carbocycles. The van der Waals surface area contributed by atoms with Crippen molar-refractivity contribution >= 4 is 7.85 Å². The van der Waals surface area contributed by atoms with E-state index in [1.807, 2.05) is 14.8 Å². The van der Waals surface area contributed by atoms with Gasteiger partial charge in [-0.1, -0.05) is 6.92 Å². The zero-order valence-electron chi connectivity index (χ0n) is 3.62. The zero-order chi connectivity index (χ0) is 3.58. The highest BCUT2D eigenvalue weighted by Crippen LogP contribution is 1.65. The van der Waals surface area contributed by atoms with Crippen LogP contribution in [-0.2, 0) is 0 Å². The summed E-state index contributed by atoms with van der Waals surface area (Å²) in [5.74, 6) is 0. The highest BCUT2D eigenvalue weighted by Gasteiger charge is 1.53. The third-order valence-electron chi connectivity index (χ3n) is 0. The van der Waals surface area contributed by atoms with Crippen LogP contribution in [0.1, 0.15) is 6.92 Å². The van der Waals surface area contributed by atoms with Gasteiger partial charge in [-0.3, -0.25) is 4.70 Å². The van der Waals surface area contributed by atoms with E-state index in [4.69, 9.17) is 0 Å². The summed E-state index contributed by atoms with van der Waals surface area (Å²) in [5.41, 5.74) is 1.17. The van der Waals surface area contributed by atoms with Crippen molar-refractivity contribution < 1.29 is 4.70 Å². The van der Waals surface area contributed by atoms with Crippen LogP contribution in [0.25, 0.3) is 0 Å². The average Bonchev–Trinajstić information content (AvgIpc) is 0.811. The molecule has 0 heterocycles. The van der Waals surface area contributed by atoms with E-state index in [0.717, 1.165) is 0 Å². The monoisotopic (exact) mass is 74.1 g/mol. The van der Waals surface area contributed by atoms with E-state index in [9.17, 15) is 0 Å². The quantitative estimate of drug-likeness (QED) is 0.362. The van der Waals surface area contributed by atoms with Gasteiger partial charge in [-0.2, -0.15) is 0 Å². The lowest BCUT2D eigenvalue weighted by Gasteiger charge is -1.64. The average molecular weight is 73.9 g/mol. The maximum atomic E-state index is 3.56. The predicted octanol–water partition coefficient (Wildman–Crippen LogP) is 0.306. The van der Waals surface area contributed by atoms with Crippen LogP contribution in [0.15, 0.2) is 12.1 Å². The van der Waals surface area contributed by atoms with E-state index in [-0.39, 0.29) is 4.70 Å². The van der Waals surface area contributed by atoms with Crippen LogP contribution in [0.5, 0.6) is 0 Å². The molecule has 0 atom stereocenters. The Bertz CT molecular complexity index is 29.9. The van der Waals surface area contributed by atoms with E-state index >= 15 is 0 Å². The third kappa shape index (κ3) is 160. The van der Waals surface area contributed by atoms with E-state index in [1.165, 1.54) is 5.47 Å². The summed E-state index contributed by atoms with van der Waals surface area (Å²) in [6.45, 7) is 5.53. The zero-order valence-corrected chi connectivity index (χ0v) is 3.62. The minimum atomic E-state index is 0. The van der Waals surface area contributed by atoms with Crippen molar-refractivity contribution in [1.29, 1.82) is 0 Å². The first-order valence-electron chi connectivity index (χ1n) is 1.35. The van der Waals surface area contributed by atoms with Gasteiger partial charge in [-0.15, -0.1) is 12.1 Å². The molecule has 30 valence electrons.